The van der Waals surface area contributed by atoms with E-state index in [2.05, 4.69) is 64.0 Å². The minimum Gasteiger partial charge on any atom is -0.497 e. The van der Waals surface area contributed by atoms with Crippen molar-refractivity contribution in [3.8, 4) is 28.3 Å². The lowest BCUT2D eigenvalue weighted by atomic mass is 10.1. The molecule has 1 heterocycles. The van der Waals surface area contributed by atoms with Crippen molar-refractivity contribution >= 4 is 5.69 Å². The van der Waals surface area contributed by atoms with E-state index in [4.69, 9.17) is 4.74 Å². The van der Waals surface area contributed by atoms with Crippen LogP contribution in [0.2, 0.25) is 0 Å². The molecular weight excluding hydrogens is 370 g/mol. The van der Waals surface area contributed by atoms with Crippen LogP contribution in [0.1, 0.15) is 12.0 Å². The van der Waals surface area contributed by atoms with Crippen LogP contribution >= 0.6 is 0 Å². The van der Waals surface area contributed by atoms with E-state index < -0.39 is 0 Å². The smallest absolute Gasteiger partial charge is 0.118 e. The molecule has 1 N–H and O–H groups in total. The number of hydrogen-bond donors (Lipinski definition) is 1. The fraction of sp³-hybridized carbons (Fsp3) is 0.154. The molecule has 0 unspecified atom stereocenters. The first-order chi connectivity index (χ1) is 14.8. The number of aryl methyl sites for hydroxylation is 1. The SMILES string of the molecule is COc1ccc(-c2nnc(-c3ccccc3)cc2NCCCc2ccccc2)cc1. The van der Waals surface area contributed by atoms with Crippen molar-refractivity contribution in [2.45, 2.75) is 12.8 Å². The molecule has 4 aromatic rings. The van der Waals surface area contributed by atoms with Crippen molar-refractivity contribution in [3.05, 3.63) is 96.6 Å². The van der Waals surface area contributed by atoms with E-state index in [9.17, 15) is 0 Å². The molecule has 0 bridgehead atoms. The Balaban J connectivity index is 1.56. The number of rotatable bonds is 8. The Labute approximate surface area is 177 Å². The standard InChI is InChI=1S/C26H25N3O/c1-30-23-16-14-22(15-17-23)26-25(27-18-8-11-20-9-4-2-5-10-20)19-24(28-29-26)21-12-6-3-7-13-21/h2-7,9-10,12-17,19H,8,11,18H2,1H3,(H,27,28). The summed E-state index contributed by atoms with van der Waals surface area (Å²) in [5.41, 5.74) is 6.11. The second-order valence-corrected chi connectivity index (χ2v) is 7.10. The van der Waals surface area contributed by atoms with Gasteiger partial charge in [0.1, 0.15) is 11.4 Å². The molecule has 3 aromatic carbocycles. The van der Waals surface area contributed by atoms with Crippen LogP contribution in [0.5, 0.6) is 5.75 Å². The zero-order valence-corrected chi connectivity index (χ0v) is 17.1. The Morgan fingerprint density at radius 1 is 0.767 bits per heavy atom. The molecule has 0 amide bonds. The molecule has 0 aliphatic carbocycles. The maximum atomic E-state index is 5.28. The second-order valence-electron chi connectivity index (χ2n) is 7.10. The maximum absolute atomic E-state index is 5.28. The van der Waals surface area contributed by atoms with Crippen LogP contribution < -0.4 is 10.1 Å². The molecule has 30 heavy (non-hydrogen) atoms. The van der Waals surface area contributed by atoms with Gasteiger partial charge in [0.15, 0.2) is 0 Å². The van der Waals surface area contributed by atoms with Crippen LogP contribution in [0, 0.1) is 0 Å². The molecule has 0 saturated carbocycles. The Morgan fingerprint density at radius 2 is 1.47 bits per heavy atom. The highest BCUT2D eigenvalue weighted by Crippen LogP contribution is 2.30. The van der Waals surface area contributed by atoms with Crippen molar-refractivity contribution in [1.82, 2.24) is 10.2 Å². The molecule has 150 valence electrons. The zero-order valence-electron chi connectivity index (χ0n) is 17.1. The lowest BCUT2D eigenvalue weighted by molar-refractivity contribution is 0.415. The van der Waals surface area contributed by atoms with Gasteiger partial charge in [-0.1, -0.05) is 60.7 Å². The highest BCUT2D eigenvalue weighted by molar-refractivity contribution is 5.77. The predicted octanol–water partition coefficient (Wildman–Crippen LogP) is 5.86. The van der Waals surface area contributed by atoms with E-state index in [0.717, 1.165) is 53.3 Å². The van der Waals surface area contributed by atoms with Crippen molar-refractivity contribution in [2.24, 2.45) is 0 Å². The first-order valence-corrected chi connectivity index (χ1v) is 10.2. The van der Waals surface area contributed by atoms with Crippen LogP contribution in [0.15, 0.2) is 91.0 Å². The monoisotopic (exact) mass is 395 g/mol. The van der Waals surface area contributed by atoms with Crippen molar-refractivity contribution in [1.29, 1.82) is 0 Å². The Morgan fingerprint density at radius 3 is 2.17 bits per heavy atom. The van der Waals surface area contributed by atoms with Crippen LogP contribution in [-0.2, 0) is 6.42 Å². The number of ether oxygens (including phenoxy) is 1. The third kappa shape index (κ3) is 4.84. The van der Waals surface area contributed by atoms with E-state index in [-0.39, 0.29) is 0 Å². The first kappa shape index (κ1) is 19.6. The average molecular weight is 396 g/mol. The number of nitrogens with zero attached hydrogens (tertiary/aromatic N) is 2. The quantitative estimate of drug-likeness (QED) is 0.379. The fourth-order valence-electron chi connectivity index (χ4n) is 3.40. The van der Waals surface area contributed by atoms with E-state index in [0.29, 0.717) is 0 Å². The molecule has 0 aliphatic heterocycles. The summed E-state index contributed by atoms with van der Waals surface area (Å²) >= 11 is 0. The van der Waals surface area contributed by atoms with E-state index >= 15 is 0 Å². The van der Waals surface area contributed by atoms with Gasteiger partial charge in [-0.15, -0.1) is 10.2 Å². The molecule has 0 atom stereocenters. The van der Waals surface area contributed by atoms with Gasteiger partial charge in [-0.3, -0.25) is 0 Å². The minimum atomic E-state index is 0.824. The van der Waals surface area contributed by atoms with Gasteiger partial charge in [-0.05, 0) is 48.7 Å². The van der Waals surface area contributed by atoms with Gasteiger partial charge in [-0.25, -0.2) is 0 Å². The number of nitrogens with one attached hydrogen (secondary N) is 1. The van der Waals surface area contributed by atoms with E-state index in [1.54, 1.807) is 7.11 Å². The largest absolute Gasteiger partial charge is 0.497 e. The normalized spacial score (nSPS) is 10.6. The molecular formula is C26H25N3O. The van der Waals surface area contributed by atoms with Gasteiger partial charge in [0.25, 0.3) is 0 Å². The zero-order chi connectivity index (χ0) is 20.6. The molecule has 4 heteroatoms. The van der Waals surface area contributed by atoms with Gasteiger partial charge in [-0.2, -0.15) is 0 Å². The van der Waals surface area contributed by atoms with Crippen molar-refractivity contribution < 1.29 is 4.74 Å². The summed E-state index contributed by atoms with van der Waals surface area (Å²) in [7, 11) is 1.67. The van der Waals surface area contributed by atoms with Gasteiger partial charge < -0.3 is 10.1 Å². The van der Waals surface area contributed by atoms with Crippen LogP contribution in [-0.4, -0.2) is 23.9 Å². The topological polar surface area (TPSA) is 47.0 Å². The molecule has 1 aromatic heterocycles. The Kier molecular flexibility index (Phi) is 6.35. The molecule has 0 aliphatic rings. The molecule has 4 nitrogen and oxygen atoms in total. The number of aromatic nitrogens is 2. The highest BCUT2D eigenvalue weighted by atomic mass is 16.5. The van der Waals surface area contributed by atoms with Gasteiger partial charge in [0.05, 0.1) is 18.5 Å². The number of methoxy groups -OCH3 is 1. The molecule has 4 rings (SSSR count). The van der Waals surface area contributed by atoms with E-state index in [1.165, 1.54) is 5.56 Å². The maximum Gasteiger partial charge on any atom is 0.118 e. The van der Waals surface area contributed by atoms with Crippen LogP contribution in [0.4, 0.5) is 5.69 Å². The molecule has 0 saturated heterocycles. The summed E-state index contributed by atoms with van der Waals surface area (Å²) in [5, 5.41) is 12.6. The van der Waals surface area contributed by atoms with Crippen molar-refractivity contribution in [3.63, 3.8) is 0 Å². The number of hydrogen-bond acceptors (Lipinski definition) is 4. The third-order valence-corrected chi connectivity index (χ3v) is 5.03. The lowest BCUT2D eigenvalue weighted by Gasteiger charge is -2.13. The van der Waals surface area contributed by atoms with E-state index in [1.807, 2.05) is 42.5 Å². The predicted molar refractivity (Wildman–Crippen MR) is 123 cm³/mol. The second kappa shape index (κ2) is 9.70. The van der Waals surface area contributed by atoms with Crippen LogP contribution in [0.3, 0.4) is 0 Å². The molecule has 0 radical (unpaired) electrons. The minimum absolute atomic E-state index is 0.824. The summed E-state index contributed by atoms with van der Waals surface area (Å²) in [5.74, 6) is 0.824. The Bertz CT molecular complexity index is 1060. The molecule has 0 fully saturated rings. The lowest BCUT2D eigenvalue weighted by Crippen LogP contribution is -2.06. The van der Waals surface area contributed by atoms with Gasteiger partial charge in [0, 0.05) is 17.7 Å². The highest BCUT2D eigenvalue weighted by Gasteiger charge is 2.11. The Hall–Kier alpha value is -3.66. The third-order valence-electron chi connectivity index (χ3n) is 5.03. The average Bonchev–Trinajstić information content (AvgIpc) is 2.83. The summed E-state index contributed by atoms with van der Waals surface area (Å²) < 4.78 is 5.28. The van der Waals surface area contributed by atoms with Gasteiger partial charge in [0.2, 0.25) is 0 Å². The van der Waals surface area contributed by atoms with Gasteiger partial charge >= 0.3 is 0 Å². The number of benzene rings is 3. The summed E-state index contributed by atoms with van der Waals surface area (Å²) in [4.78, 5) is 0. The fourth-order valence-corrected chi connectivity index (χ4v) is 3.40. The summed E-state index contributed by atoms with van der Waals surface area (Å²) in [6, 6.07) is 30.7. The summed E-state index contributed by atoms with van der Waals surface area (Å²) in [6.45, 7) is 0.859. The van der Waals surface area contributed by atoms with Crippen LogP contribution in [0.25, 0.3) is 22.5 Å². The molecule has 0 spiro atoms. The first-order valence-electron chi connectivity index (χ1n) is 10.2. The van der Waals surface area contributed by atoms with Crippen molar-refractivity contribution in [2.75, 3.05) is 19.0 Å². The summed E-state index contributed by atoms with van der Waals surface area (Å²) in [6.07, 6.45) is 2.07. The number of anilines is 1.